The number of piperazine rings is 1. The molecule has 1 heterocycles. The summed E-state index contributed by atoms with van der Waals surface area (Å²) >= 11 is 0. The average Bonchev–Trinajstić information content (AvgIpc) is 2.64. The molecule has 0 amide bonds. The lowest BCUT2D eigenvalue weighted by Gasteiger charge is -2.41. The predicted octanol–water partition coefficient (Wildman–Crippen LogP) is 2.58. The molecule has 5 heteroatoms. The molecule has 0 N–H and O–H groups in total. The van der Waals surface area contributed by atoms with E-state index in [1.165, 1.54) is 12.8 Å². The Morgan fingerprint density at radius 3 is 2.28 bits per heavy atom. The zero-order valence-corrected chi connectivity index (χ0v) is 16.5. The van der Waals surface area contributed by atoms with Gasteiger partial charge in [0.25, 0.3) is 0 Å². The highest BCUT2D eigenvalue weighted by Crippen LogP contribution is 2.29. The molecular formula is C20H38N2O3. The molecule has 0 aromatic rings. The fourth-order valence-corrected chi connectivity index (χ4v) is 4.04. The quantitative estimate of drug-likeness (QED) is 0.564. The molecule has 146 valence electrons. The van der Waals surface area contributed by atoms with Gasteiger partial charge in [-0.25, -0.2) is 0 Å². The van der Waals surface area contributed by atoms with E-state index in [1.807, 2.05) is 20.8 Å². The minimum absolute atomic E-state index is 0.284. The Labute approximate surface area is 154 Å². The number of hydrogen-bond acceptors (Lipinski definition) is 5. The summed E-state index contributed by atoms with van der Waals surface area (Å²) in [4.78, 5) is 17.0. The van der Waals surface area contributed by atoms with Gasteiger partial charge in [0.15, 0.2) is 0 Å². The van der Waals surface area contributed by atoms with E-state index in [4.69, 9.17) is 9.47 Å². The van der Waals surface area contributed by atoms with Crippen LogP contribution in [0.25, 0.3) is 0 Å². The highest BCUT2D eigenvalue weighted by Gasteiger charge is 2.30. The number of hydrogen-bond donors (Lipinski definition) is 0. The van der Waals surface area contributed by atoms with Gasteiger partial charge < -0.3 is 9.47 Å². The van der Waals surface area contributed by atoms with E-state index in [9.17, 15) is 4.79 Å². The normalized spacial score (nSPS) is 26.2. The van der Waals surface area contributed by atoms with E-state index in [1.54, 1.807) is 0 Å². The van der Waals surface area contributed by atoms with E-state index in [0.717, 1.165) is 52.2 Å². The van der Waals surface area contributed by atoms with Crippen molar-refractivity contribution >= 4 is 5.78 Å². The molecule has 0 bridgehead atoms. The Bertz CT molecular complexity index is 373. The average molecular weight is 355 g/mol. The fraction of sp³-hybridized carbons (Fsp3) is 0.950. The second-order valence-electron chi connectivity index (χ2n) is 7.73. The van der Waals surface area contributed by atoms with Crippen LogP contribution in [0.3, 0.4) is 0 Å². The van der Waals surface area contributed by atoms with Crippen molar-refractivity contribution in [2.24, 2.45) is 5.92 Å². The maximum atomic E-state index is 11.9. The van der Waals surface area contributed by atoms with E-state index in [0.29, 0.717) is 37.4 Å². The molecule has 0 aromatic carbocycles. The van der Waals surface area contributed by atoms with Crippen molar-refractivity contribution in [1.82, 2.24) is 9.80 Å². The van der Waals surface area contributed by atoms with Crippen molar-refractivity contribution in [3.8, 4) is 0 Å². The number of carbonyl (C=O) groups is 1. The van der Waals surface area contributed by atoms with Crippen LogP contribution in [0.4, 0.5) is 0 Å². The topological polar surface area (TPSA) is 42.0 Å². The Hall–Kier alpha value is -0.490. The van der Waals surface area contributed by atoms with Crippen molar-refractivity contribution in [3.05, 3.63) is 0 Å². The summed E-state index contributed by atoms with van der Waals surface area (Å²) in [5, 5.41) is 0. The zero-order valence-electron chi connectivity index (χ0n) is 16.5. The third-order valence-electron chi connectivity index (χ3n) is 5.65. The van der Waals surface area contributed by atoms with Gasteiger partial charge >= 0.3 is 0 Å². The first-order valence-corrected chi connectivity index (χ1v) is 10.3. The summed E-state index contributed by atoms with van der Waals surface area (Å²) in [7, 11) is 0. The largest absolute Gasteiger partial charge is 0.378 e. The van der Waals surface area contributed by atoms with Gasteiger partial charge in [-0.15, -0.1) is 0 Å². The van der Waals surface area contributed by atoms with Gasteiger partial charge in [0.05, 0.1) is 25.9 Å². The first-order valence-electron chi connectivity index (χ1n) is 10.3. The molecule has 1 aliphatic carbocycles. The zero-order chi connectivity index (χ0) is 18.1. The van der Waals surface area contributed by atoms with Crippen LogP contribution in [0.1, 0.15) is 52.9 Å². The molecule has 0 unspecified atom stereocenters. The molecule has 2 aliphatic rings. The maximum absolute atomic E-state index is 11.9. The number of carbonyl (C=O) groups excluding carboxylic acids is 1. The van der Waals surface area contributed by atoms with Gasteiger partial charge in [-0.05, 0) is 39.5 Å². The molecule has 5 nitrogen and oxygen atoms in total. The summed E-state index contributed by atoms with van der Waals surface area (Å²) in [6.45, 7) is 13.9. The Morgan fingerprint density at radius 2 is 1.68 bits per heavy atom. The monoisotopic (exact) mass is 354 g/mol. The van der Waals surface area contributed by atoms with Crippen LogP contribution in [0.15, 0.2) is 0 Å². The number of ketones is 1. The standard InChI is InChI=1S/C20H38N2O3/c1-4-20(23)18-5-7-19(8-6-18)22-11-9-21(10-12-22)13-14-24-15-16-25-17(2)3/h17-19H,4-16H2,1-3H3/t18-,19-. The van der Waals surface area contributed by atoms with E-state index in [2.05, 4.69) is 9.80 Å². The van der Waals surface area contributed by atoms with Gasteiger partial charge in [-0.2, -0.15) is 0 Å². The molecule has 2 fully saturated rings. The van der Waals surface area contributed by atoms with Crippen LogP contribution in [-0.4, -0.2) is 80.3 Å². The van der Waals surface area contributed by atoms with Crippen molar-refractivity contribution in [2.75, 3.05) is 52.5 Å². The van der Waals surface area contributed by atoms with Gasteiger partial charge in [-0.1, -0.05) is 6.92 Å². The Kier molecular flexibility index (Phi) is 9.39. The molecule has 0 spiro atoms. The van der Waals surface area contributed by atoms with Crippen LogP contribution in [0.2, 0.25) is 0 Å². The van der Waals surface area contributed by atoms with E-state index in [-0.39, 0.29) is 6.10 Å². The minimum Gasteiger partial charge on any atom is -0.378 e. The summed E-state index contributed by atoms with van der Waals surface area (Å²) < 4.78 is 11.1. The van der Waals surface area contributed by atoms with E-state index < -0.39 is 0 Å². The Morgan fingerprint density at radius 1 is 1.00 bits per heavy atom. The summed E-state index contributed by atoms with van der Waals surface area (Å²) in [6, 6.07) is 0.701. The smallest absolute Gasteiger partial charge is 0.135 e. The van der Waals surface area contributed by atoms with Crippen molar-refractivity contribution in [2.45, 2.75) is 65.0 Å². The molecule has 0 aromatic heterocycles. The van der Waals surface area contributed by atoms with Crippen molar-refractivity contribution in [3.63, 3.8) is 0 Å². The van der Waals surface area contributed by atoms with Crippen molar-refractivity contribution in [1.29, 1.82) is 0 Å². The maximum Gasteiger partial charge on any atom is 0.135 e. The fourth-order valence-electron chi connectivity index (χ4n) is 4.04. The highest BCUT2D eigenvalue weighted by atomic mass is 16.5. The SMILES string of the molecule is CCC(=O)[C@H]1CC[C@H](N2CCN(CCOCCOC(C)C)CC2)CC1. The number of ether oxygens (including phenoxy) is 2. The predicted molar refractivity (Wildman–Crippen MR) is 101 cm³/mol. The second-order valence-corrected chi connectivity index (χ2v) is 7.73. The van der Waals surface area contributed by atoms with Crippen LogP contribution in [-0.2, 0) is 14.3 Å². The molecule has 1 aliphatic heterocycles. The molecule has 0 atom stereocenters. The highest BCUT2D eigenvalue weighted by molar-refractivity contribution is 5.80. The lowest BCUT2D eigenvalue weighted by Crippen LogP contribution is -2.51. The molecule has 1 saturated heterocycles. The molecule has 1 saturated carbocycles. The summed E-state index contributed by atoms with van der Waals surface area (Å²) in [5.74, 6) is 0.821. The van der Waals surface area contributed by atoms with Gasteiger partial charge in [0.2, 0.25) is 0 Å². The van der Waals surface area contributed by atoms with Crippen LogP contribution in [0, 0.1) is 5.92 Å². The first-order chi connectivity index (χ1) is 12.1. The lowest BCUT2D eigenvalue weighted by atomic mass is 9.82. The Balaban J connectivity index is 1.54. The van der Waals surface area contributed by atoms with Crippen molar-refractivity contribution < 1.29 is 14.3 Å². The number of rotatable bonds is 10. The van der Waals surface area contributed by atoms with Gasteiger partial charge in [0, 0.05) is 51.1 Å². The third-order valence-corrected chi connectivity index (χ3v) is 5.65. The van der Waals surface area contributed by atoms with E-state index >= 15 is 0 Å². The molecule has 25 heavy (non-hydrogen) atoms. The van der Waals surface area contributed by atoms with Crippen LogP contribution in [0.5, 0.6) is 0 Å². The van der Waals surface area contributed by atoms with Crippen LogP contribution < -0.4 is 0 Å². The lowest BCUT2D eigenvalue weighted by molar-refractivity contribution is -0.123. The summed E-state index contributed by atoms with van der Waals surface area (Å²) in [6.07, 6.45) is 5.60. The van der Waals surface area contributed by atoms with Crippen LogP contribution >= 0.6 is 0 Å². The number of nitrogens with zero attached hydrogens (tertiary/aromatic N) is 2. The summed E-state index contributed by atoms with van der Waals surface area (Å²) in [5.41, 5.74) is 0. The first kappa shape index (κ1) is 20.8. The molecule has 2 rings (SSSR count). The second kappa shape index (κ2) is 11.3. The minimum atomic E-state index is 0.284. The van der Waals surface area contributed by atoms with Gasteiger partial charge in [0.1, 0.15) is 5.78 Å². The third kappa shape index (κ3) is 7.33. The molecular weight excluding hydrogens is 316 g/mol. The number of Topliss-reactive ketones (excluding diaryl/α,β-unsaturated/α-hetero) is 1. The molecule has 0 radical (unpaired) electrons. The van der Waals surface area contributed by atoms with Gasteiger partial charge in [-0.3, -0.25) is 14.6 Å².